The van der Waals surface area contributed by atoms with Crippen molar-refractivity contribution in [3.63, 3.8) is 0 Å². The Balaban J connectivity index is 2.06. The van der Waals surface area contributed by atoms with Crippen LogP contribution in [0.3, 0.4) is 0 Å². The molecule has 1 amide bonds. The second kappa shape index (κ2) is 10.1. The lowest BCUT2D eigenvalue weighted by molar-refractivity contribution is -0.0497. The number of hydrogen-bond donors (Lipinski definition) is 1. The first-order valence-electron chi connectivity index (χ1n) is 10.4. The van der Waals surface area contributed by atoms with Crippen molar-refractivity contribution < 1.29 is 23.0 Å². The summed E-state index contributed by atoms with van der Waals surface area (Å²) in [5, 5.41) is 13.2. The molecule has 1 heterocycles. The molecule has 2 aromatic carbocycles. The third kappa shape index (κ3) is 5.17. The van der Waals surface area contributed by atoms with Gasteiger partial charge in [-0.25, -0.2) is 4.79 Å². The van der Waals surface area contributed by atoms with Crippen LogP contribution in [-0.2, 0) is 11.3 Å². The molecule has 0 aliphatic rings. The molecule has 6 nitrogen and oxygen atoms in total. The Morgan fingerprint density at radius 1 is 1.19 bits per heavy atom. The van der Waals surface area contributed by atoms with Crippen LogP contribution in [-0.4, -0.2) is 23.4 Å². The number of amides is 1. The molecule has 0 fully saturated rings. The second-order valence-electron chi connectivity index (χ2n) is 7.55. The van der Waals surface area contributed by atoms with E-state index in [0.29, 0.717) is 34.4 Å². The van der Waals surface area contributed by atoms with Crippen molar-refractivity contribution in [1.82, 2.24) is 4.57 Å². The van der Waals surface area contributed by atoms with E-state index in [0.717, 1.165) is 18.4 Å². The van der Waals surface area contributed by atoms with Crippen molar-refractivity contribution >= 4 is 22.7 Å². The van der Waals surface area contributed by atoms with Crippen LogP contribution in [0.1, 0.15) is 39.2 Å². The molecule has 3 rings (SSSR count). The smallest absolute Gasteiger partial charge is 0.411 e. The van der Waals surface area contributed by atoms with Gasteiger partial charge in [0.1, 0.15) is 11.8 Å². The number of aryl methyl sites for hydroxylation is 1. The minimum atomic E-state index is -2.93. The van der Waals surface area contributed by atoms with Crippen LogP contribution in [0.2, 0.25) is 0 Å². The summed E-state index contributed by atoms with van der Waals surface area (Å²) in [5.74, 6) is 0.0435. The highest BCUT2D eigenvalue weighted by atomic mass is 19.3. The third-order valence-electron chi connectivity index (χ3n) is 4.86. The summed E-state index contributed by atoms with van der Waals surface area (Å²) < 4.78 is 37.1. The molecule has 32 heavy (non-hydrogen) atoms. The van der Waals surface area contributed by atoms with Crippen molar-refractivity contribution in [2.45, 2.75) is 52.9 Å². The lowest BCUT2D eigenvalue weighted by Gasteiger charge is -2.13. The van der Waals surface area contributed by atoms with E-state index in [-0.39, 0.29) is 11.9 Å². The van der Waals surface area contributed by atoms with E-state index in [2.05, 4.69) is 23.0 Å². The van der Waals surface area contributed by atoms with Crippen molar-refractivity contribution in [3.05, 3.63) is 48.0 Å². The largest absolute Gasteiger partial charge is 0.447 e. The summed E-state index contributed by atoms with van der Waals surface area (Å²) in [5.41, 5.74) is 3.14. The number of benzene rings is 2. The number of fused-ring (bicyclic) bond motifs is 1. The zero-order valence-electron chi connectivity index (χ0n) is 18.2. The van der Waals surface area contributed by atoms with Crippen LogP contribution in [0.5, 0.6) is 5.75 Å². The normalized spacial score (nSPS) is 11.1. The highest BCUT2D eigenvalue weighted by Gasteiger charge is 2.20. The van der Waals surface area contributed by atoms with E-state index in [9.17, 15) is 18.8 Å². The van der Waals surface area contributed by atoms with Crippen LogP contribution in [0.4, 0.5) is 19.3 Å². The second-order valence-corrected chi connectivity index (χ2v) is 7.55. The van der Waals surface area contributed by atoms with E-state index >= 15 is 0 Å². The first-order chi connectivity index (χ1) is 15.3. The summed E-state index contributed by atoms with van der Waals surface area (Å²) in [6.45, 7) is 3.27. The van der Waals surface area contributed by atoms with Crippen LogP contribution >= 0.6 is 0 Å². The molecule has 1 N–H and O–H groups in total. The maximum absolute atomic E-state index is 12.7. The number of anilines is 1. The number of rotatable bonds is 8. The summed E-state index contributed by atoms with van der Waals surface area (Å²) in [6, 6.07) is 13.9. The molecule has 0 unspecified atom stereocenters. The molecule has 0 saturated heterocycles. The van der Waals surface area contributed by atoms with Gasteiger partial charge in [0.05, 0.1) is 22.9 Å². The molecular formula is C24H25F2N3O3. The van der Waals surface area contributed by atoms with E-state index in [1.165, 1.54) is 6.07 Å². The zero-order valence-corrected chi connectivity index (χ0v) is 18.2. The molecule has 0 atom stereocenters. The maximum atomic E-state index is 12.7. The predicted molar refractivity (Wildman–Crippen MR) is 119 cm³/mol. The minimum Gasteiger partial charge on any atom is -0.447 e. The quantitative estimate of drug-likeness (QED) is 0.431. The topological polar surface area (TPSA) is 76.3 Å². The predicted octanol–water partition coefficient (Wildman–Crippen LogP) is 6.54. The van der Waals surface area contributed by atoms with Crippen LogP contribution < -0.4 is 10.1 Å². The highest BCUT2D eigenvalue weighted by molar-refractivity contribution is 5.95. The van der Waals surface area contributed by atoms with Crippen LogP contribution in [0.15, 0.2) is 42.5 Å². The van der Waals surface area contributed by atoms with Crippen molar-refractivity contribution in [3.8, 4) is 23.1 Å². The van der Waals surface area contributed by atoms with Crippen molar-refractivity contribution in [2.75, 3.05) is 5.32 Å². The Kier molecular flexibility index (Phi) is 7.31. The number of nitrogens with one attached hydrogen (secondary N) is 1. The number of aromatic nitrogens is 1. The number of nitriles is 1. The fourth-order valence-corrected chi connectivity index (χ4v) is 3.54. The van der Waals surface area contributed by atoms with Gasteiger partial charge in [-0.3, -0.25) is 5.32 Å². The minimum absolute atomic E-state index is 0.0435. The van der Waals surface area contributed by atoms with Crippen LogP contribution in [0, 0.1) is 11.3 Å². The number of nitrogens with zero attached hydrogens (tertiary/aromatic N) is 2. The Morgan fingerprint density at radius 3 is 2.50 bits per heavy atom. The van der Waals surface area contributed by atoms with Gasteiger partial charge in [0.25, 0.3) is 0 Å². The molecule has 168 valence electrons. The Bertz CT molecular complexity index is 1130. The third-order valence-corrected chi connectivity index (χ3v) is 4.86. The van der Waals surface area contributed by atoms with Gasteiger partial charge in [0.15, 0.2) is 0 Å². The van der Waals surface area contributed by atoms with E-state index < -0.39 is 12.7 Å². The first kappa shape index (κ1) is 23.1. The molecular weight excluding hydrogens is 416 g/mol. The standard InChI is InChI=1S/C24H25F2N3O3/c1-4-5-12-29-21-13-18(32-23(25)26)10-11-19(21)20(14-27)22(29)16-6-8-17(9-7-16)28-24(30)31-15(2)3/h6-11,13,15,23H,4-5,12H2,1-3H3,(H,28,30). The van der Waals surface area contributed by atoms with Gasteiger partial charge in [0.2, 0.25) is 0 Å². The lowest BCUT2D eigenvalue weighted by atomic mass is 10.1. The summed E-state index contributed by atoms with van der Waals surface area (Å²) in [4.78, 5) is 11.8. The van der Waals surface area contributed by atoms with Gasteiger partial charge in [-0.2, -0.15) is 14.0 Å². The van der Waals surface area contributed by atoms with Gasteiger partial charge in [0, 0.05) is 23.7 Å². The molecule has 8 heteroatoms. The van der Waals surface area contributed by atoms with Gasteiger partial charge >= 0.3 is 12.7 Å². The molecule has 0 saturated carbocycles. The molecule has 3 aromatic rings. The van der Waals surface area contributed by atoms with E-state index in [4.69, 9.17) is 4.74 Å². The Labute approximate surface area is 185 Å². The number of carbonyl (C=O) groups is 1. The highest BCUT2D eigenvalue weighted by Crippen LogP contribution is 2.36. The maximum Gasteiger partial charge on any atom is 0.411 e. The number of hydrogen-bond acceptors (Lipinski definition) is 4. The van der Waals surface area contributed by atoms with Gasteiger partial charge in [-0.15, -0.1) is 0 Å². The van der Waals surface area contributed by atoms with Crippen molar-refractivity contribution in [2.24, 2.45) is 0 Å². The van der Waals surface area contributed by atoms with Crippen molar-refractivity contribution in [1.29, 1.82) is 5.26 Å². The number of ether oxygens (including phenoxy) is 2. The zero-order chi connectivity index (χ0) is 23.3. The van der Waals surface area contributed by atoms with Gasteiger partial charge in [-0.05, 0) is 50.1 Å². The van der Waals surface area contributed by atoms with Gasteiger partial charge < -0.3 is 14.0 Å². The fraction of sp³-hybridized carbons (Fsp3) is 0.333. The summed E-state index contributed by atoms with van der Waals surface area (Å²) >= 11 is 0. The number of halogens is 2. The number of unbranched alkanes of at least 4 members (excludes halogenated alkanes) is 1. The lowest BCUT2D eigenvalue weighted by Crippen LogP contribution is -2.17. The van der Waals surface area contributed by atoms with E-state index in [1.807, 2.05) is 4.57 Å². The number of alkyl halides is 2. The molecule has 1 aromatic heterocycles. The molecule has 0 aliphatic carbocycles. The summed E-state index contributed by atoms with van der Waals surface area (Å²) in [7, 11) is 0. The fourth-order valence-electron chi connectivity index (χ4n) is 3.54. The molecule has 0 spiro atoms. The van der Waals surface area contributed by atoms with Crippen LogP contribution in [0.25, 0.3) is 22.2 Å². The average Bonchev–Trinajstić information content (AvgIpc) is 3.04. The van der Waals surface area contributed by atoms with E-state index in [1.54, 1.807) is 50.2 Å². The number of carbonyl (C=O) groups excluding carboxylic acids is 1. The molecule has 0 aliphatic heterocycles. The average molecular weight is 441 g/mol. The SMILES string of the molecule is CCCCn1c(-c2ccc(NC(=O)OC(C)C)cc2)c(C#N)c2ccc(OC(F)F)cc21. The monoisotopic (exact) mass is 441 g/mol. The Morgan fingerprint density at radius 2 is 1.91 bits per heavy atom. The Hall–Kier alpha value is -3.60. The molecule has 0 bridgehead atoms. The van der Waals surface area contributed by atoms with Gasteiger partial charge in [-0.1, -0.05) is 25.5 Å². The molecule has 0 radical (unpaired) electrons. The summed E-state index contributed by atoms with van der Waals surface area (Å²) in [6.07, 6.45) is 0.992. The first-order valence-corrected chi connectivity index (χ1v) is 10.4.